The van der Waals surface area contributed by atoms with Crippen LogP contribution >= 0.6 is 0 Å². The van der Waals surface area contributed by atoms with Crippen molar-refractivity contribution in [2.24, 2.45) is 5.92 Å². The van der Waals surface area contributed by atoms with Gasteiger partial charge in [-0.25, -0.2) is 4.79 Å². The zero-order valence-electron chi connectivity index (χ0n) is 11.2. The monoisotopic (exact) mass is 266 g/mol. The number of carbonyl (C=O) groups is 2. The van der Waals surface area contributed by atoms with Crippen molar-refractivity contribution in [3.8, 4) is 0 Å². The van der Waals surface area contributed by atoms with Gasteiger partial charge in [0, 0.05) is 18.3 Å². The van der Waals surface area contributed by atoms with Crippen LogP contribution in [0.4, 0.5) is 0 Å². The standard InChI is InChI=1S/C13H18N2O4/c1-8(2)9(3)14-11(16)7-15-5-4-10(13(18)19)6-12(15)17/h4-6,8-9H,7H2,1-3H3,(H,14,16)(H,18,19). The lowest BCUT2D eigenvalue weighted by atomic mass is 10.1. The Morgan fingerprint density at radius 3 is 2.47 bits per heavy atom. The van der Waals surface area contributed by atoms with Crippen LogP contribution in [0.2, 0.25) is 0 Å². The van der Waals surface area contributed by atoms with Gasteiger partial charge in [0.25, 0.3) is 5.56 Å². The predicted molar refractivity (Wildman–Crippen MR) is 70.1 cm³/mol. The van der Waals surface area contributed by atoms with Crippen LogP contribution < -0.4 is 10.9 Å². The minimum atomic E-state index is -1.16. The van der Waals surface area contributed by atoms with Gasteiger partial charge >= 0.3 is 5.97 Å². The van der Waals surface area contributed by atoms with Crippen molar-refractivity contribution in [2.45, 2.75) is 33.4 Å². The normalized spacial score (nSPS) is 12.2. The smallest absolute Gasteiger partial charge is 0.335 e. The molecule has 0 aliphatic heterocycles. The average Bonchev–Trinajstić information content (AvgIpc) is 2.31. The third-order valence-electron chi connectivity index (χ3n) is 2.95. The largest absolute Gasteiger partial charge is 0.478 e. The molecule has 0 fully saturated rings. The Morgan fingerprint density at radius 2 is 2.00 bits per heavy atom. The number of carboxylic acid groups (broad SMARTS) is 1. The summed E-state index contributed by atoms with van der Waals surface area (Å²) in [6, 6.07) is 2.31. The van der Waals surface area contributed by atoms with Crippen LogP contribution in [-0.2, 0) is 11.3 Å². The highest BCUT2D eigenvalue weighted by atomic mass is 16.4. The van der Waals surface area contributed by atoms with E-state index in [4.69, 9.17) is 5.11 Å². The Kier molecular flexibility index (Phi) is 4.86. The zero-order chi connectivity index (χ0) is 14.6. The molecule has 0 radical (unpaired) electrons. The van der Waals surface area contributed by atoms with Gasteiger partial charge in [-0.1, -0.05) is 13.8 Å². The Balaban J connectivity index is 2.75. The number of rotatable bonds is 5. The fourth-order valence-electron chi connectivity index (χ4n) is 1.39. The van der Waals surface area contributed by atoms with Gasteiger partial charge in [0.2, 0.25) is 5.91 Å². The molecule has 0 aliphatic rings. The molecule has 1 aromatic heterocycles. The van der Waals surface area contributed by atoms with Crippen molar-refractivity contribution >= 4 is 11.9 Å². The van der Waals surface area contributed by atoms with Crippen LogP contribution in [0.3, 0.4) is 0 Å². The van der Waals surface area contributed by atoms with Gasteiger partial charge in [-0.15, -0.1) is 0 Å². The Bertz CT molecular complexity index is 534. The van der Waals surface area contributed by atoms with Crippen LogP contribution in [0, 0.1) is 5.92 Å². The number of pyridine rings is 1. The van der Waals surface area contributed by atoms with Crippen LogP contribution in [0.1, 0.15) is 31.1 Å². The Labute approximate surface area is 111 Å². The van der Waals surface area contributed by atoms with Gasteiger partial charge in [0.1, 0.15) is 6.54 Å². The maximum atomic E-state index is 11.7. The molecule has 0 saturated carbocycles. The summed E-state index contributed by atoms with van der Waals surface area (Å²) in [6.45, 7) is 5.74. The third kappa shape index (κ3) is 4.24. The molecule has 6 heteroatoms. The van der Waals surface area contributed by atoms with Crippen LogP contribution in [0.5, 0.6) is 0 Å². The molecule has 6 nitrogen and oxygen atoms in total. The second-order valence-electron chi connectivity index (χ2n) is 4.79. The summed E-state index contributed by atoms with van der Waals surface area (Å²) in [6.07, 6.45) is 1.31. The highest BCUT2D eigenvalue weighted by Gasteiger charge is 2.12. The lowest BCUT2D eigenvalue weighted by molar-refractivity contribution is -0.122. The van der Waals surface area contributed by atoms with Gasteiger partial charge in [0.15, 0.2) is 0 Å². The fourth-order valence-corrected chi connectivity index (χ4v) is 1.39. The van der Waals surface area contributed by atoms with Gasteiger partial charge < -0.3 is 15.0 Å². The lowest BCUT2D eigenvalue weighted by Crippen LogP contribution is -2.39. The van der Waals surface area contributed by atoms with Gasteiger partial charge in [0.05, 0.1) is 5.56 Å². The molecule has 1 atom stereocenters. The summed E-state index contributed by atoms with van der Waals surface area (Å²) in [5.41, 5.74) is -0.593. The van der Waals surface area contributed by atoms with Crippen molar-refractivity contribution in [3.63, 3.8) is 0 Å². The van der Waals surface area contributed by atoms with E-state index in [9.17, 15) is 14.4 Å². The number of carboxylic acids is 1. The molecule has 0 saturated heterocycles. The average molecular weight is 266 g/mol. The van der Waals surface area contributed by atoms with Crippen molar-refractivity contribution in [2.75, 3.05) is 0 Å². The molecule has 2 N–H and O–H groups in total. The number of hydrogen-bond acceptors (Lipinski definition) is 3. The molecule has 0 bridgehead atoms. The number of amides is 1. The summed E-state index contributed by atoms with van der Waals surface area (Å²) in [7, 11) is 0. The molecule has 19 heavy (non-hydrogen) atoms. The van der Waals surface area contributed by atoms with Crippen LogP contribution in [-0.4, -0.2) is 27.6 Å². The molecule has 1 heterocycles. The molecule has 104 valence electrons. The first kappa shape index (κ1) is 14.9. The van der Waals surface area contributed by atoms with Crippen molar-refractivity contribution < 1.29 is 14.7 Å². The maximum absolute atomic E-state index is 11.7. The second-order valence-corrected chi connectivity index (χ2v) is 4.79. The lowest BCUT2D eigenvalue weighted by Gasteiger charge is -2.17. The number of hydrogen-bond donors (Lipinski definition) is 2. The molecule has 1 amide bonds. The highest BCUT2D eigenvalue weighted by Crippen LogP contribution is 2.00. The molecule has 1 rings (SSSR count). The summed E-state index contributed by atoms with van der Waals surface area (Å²) < 4.78 is 1.18. The van der Waals surface area contributed by atoms with E-state index >= 15 is 0 Å². The Hall–Kier alpha value is -2.11. The van der Waals surface area contributed by atoms with E-state index in [0.717, 1.165) is 6.07 Å². The number of aromatic carboxylic acids is 1. The fraction of sp³-hybridized carbons (Fsp3) is 0.462. The first-order valence-corrected chi connectivity index (χ1v) is 6.04. The molecular formula is C13H18N2O4. The molecule has 0 spiro atoms. The number of carbonyl (C=O) groups excluding carboxylic acids is 1. The van der Waals surface area contributed by atoms with Gasteiger partial charge in [-0.3, -0.25) is 9.59 Å². The highest BCUT2D eigenvalue weighted by molar-refractivity contribution is 5.87. The quantitative estimate of drug-likeness (QED) is 0.821. The number of nitrogens with one attached hydrogen (secondary N) is 1. The van der Waals surface area contributed by atoms with E-state index in [2.05, 4.69) is 5.32 Å². The van der Waals surface area contributed by atoms with Crippen LogP contribution in [0.15, 0.2) is 23.1 Å². The topological polar surface area (TPSA) is 88.4 Å². The first-order valence-electron chi connectivity index (χ1n) is 6.04. The molecule has 1 unspecified atom stereocenters. The maximum Gasteiger partial charge on any atom is 0.335 e. The molecule has 1 aromatic rings. The Morgan fingerprint density at radius 1 is 1.37 bits per heavy atom. The van der Waals surface area contributed by atoms with E-state index in [0.29, 0.717) is 5.92 Å². The van der Waals surface area contributed by atoms with Crippen LogP contribution in [0.25, 0.3) is 0 Å². The molecular weight excluding hydrogens is 248 g/mol. The van der Waals surface area contributed by atoms with E-state index < -0.39 is 11.5 Å². The predicted octanol–water partition coefficient (Wildman–Crippen LogP) is 0.707. The van der Waals surface area contributed by atoms with Crippen molar-refractivity contribution in [1.29, 1.82) is 0 Å². The minimum absolute atomic E-state index is 0.0153. The summed E-state index contributed by atoms with van der Waals surface area (Å²) in [4.78, 5) is 34.0. The minimum Gasteiger partial charge on any atom is -0.478 e. The zero-order valence-corrected chi connectivity index (χ0v) is 11.2. The third-order valence-corrected chi connectivity index (χ3v) is 2.95. The number of nitrogens with zero attached hydrogens (tertiary/aromatic N) is 1. The molecule has 0 aliphatic carbocycles. The summed E-state index contributed by atoms with van der Waals surface area (Å²) in [5, 5.41) is 11.5. The second kappa shape index (κ2) is 6.17. The van der Waals surface area contributed by atoms with Gasteiger partial charge in [-0.2, -0.15) is 0 Å². The van der Waals surface area contributed by atoms with Gasteiger partial charge in [-0.05, 0) is 18.9 Å². The molecule has 0 aromatic carbocycles. The SMILES string of the molecule is CC(C)C(C)NC(=O)Cn1ccc(C(=O)O)cc1=O. The van der Waals surface area contributed by atoms with Crippen molar-refractivity contribution in [3.05, 3.63) is 34.2 Å². The summed E-state index contributed by atoms with van der Waals surface area (Å²) in [5.74, 6) is -1.14. The first-order chi connectivity index (χ1) is 8.81. The summed E-state index contributed by atoms with van der Waals surface area (Å²) >= 11 is 0. The van der Waals surface area contributed by atoms with Crippen molar-refractivity contribution in [1.82, 2.24) is 9.88 Å². The van der Waals surface area contributed by atoms with E-state index in [1.165, 1.54) is 16.8 Å². The number of aromatic nitrogens is 1. The van der Waals surface area contributed by atoms with E-state index in [1.807, 2.05) is 20.8 Å². The van der Waals surface area contributed by atoms with E-state index in [-0.39, 0.29) is 24.1 Å². The van der Waals surface area contributed by atoms with E-state index in [1.54, 1.807) is 0 Å².